The molecule has 0 amide bonds. The van der Waals surface area contributed by atoms with E-state index in [9.17, 15) is 4.39 Å². The van der Waals surface area contributed by atoms with Gasteiger partial charge in [-0.2, -0.15) is 5.10 Å². The quantitative estimate of drug-likeness (QED) is 0.514. The minimum absolute atomic E-state index is 0.212. The Hall–Kier alpha value is -1.98. The van der Waals surface area contributed by atoms with Crippen LogP contribution in [0.15, 0.2) is 53.6 Å². The fourth-order valence-electron chi connectivity index (χ4n) is 1.47. The molecule has 2 aromatic rings. The third kappa shape index (κ3) is 4.01. The highest BCUT2D eigenvalue weighted by Gasteiger charge is 2.03. The first kappa shape index (κ1) is 14.4. The molecule has 0 saturated heterocycles. The van der Waals surface area contributed by atoms with Gasteiger partial charge in [0.1, 0.15) is 5.82 Å². The lowest BCUT2D eigenvalue weighted by atomic mass is 10.2. The summed E-state index contributed by atoms with van der Waals surface area (Å²) in [6.45, 7) is 0. The Labute approximate surface area is 126 Å². The zero-order valence-corrected chi connectivity index (χ0v) is 11.9. The maximum Gasteiger partial charge on any atom is 0.191 e. The van der Waals surface area contributed by atoms with Crippen LogP contribution in [-0.4, -0.2) is 11.3 Å². The smallest absolute Gasteiger partial charge is 0.191 e. The summed E-state index contributed by atoms with van der Waals surface area (Å²) in [5, 5.41) is 7.39. The number of nitrogens with zero attached hydrogens (tertiary/aromatic N) is 1. The Kier molecular flexibility index (Phi) is 5.03. The van der Waals surface area contributed by atoms with Crippen LogP contribution in [-0.2, 0) is 0 Å². The highest BCUT2D eigenvalue weighted by Crippen LogP contribution is 2.16. The number of hydrogen-bond donors (Lipinski definition) is 2. The lowest BCUT2D eigenvalue weighted by molar-refractivity contribution is 0.626. The first-order chi connectivity index (χ1) is 9.66. The average molecular weight is 308 g/mol. The minimum atomic E-state index is -0.440. The van der Waals surface area contributed by atoms with E-state index in [-0.39, 0.29) is 10.6 Å². The van der Waals surface area contributed by atoms with Crippen molar-refractivity contribution in [3.63, 3.8) is 0 Å². The number of halogens is 2. The normalized spacial score (nSPS) is 10.5. The Morgan fingerprint density at radius 3 is 2.60 bits per heavy atom. The summed E-state index contributed by atoms with van der Waals surface area (Å²) >= 11 is 10.9. The van der Waals surface area contributed by atoms with Gasteiger partial charge in [0.05, 0.1) is 11.2 Å². The van der Waals surface area contributed by atoms with Crippen molar-refractivity contribution in [3.05, 3.63) is 64.9 Å². The second kappa shape index (κ2) is 6.98. The molecule has 0 saturated carbocycles. The molecule has 6 heteroatoms. The van der Waals surface area contributed by atoms with Crippen LogP contribution in [0, 0.1) is 5.82 Å². The number of anilines is 1. The Bertz CT molecular complexity index is 611. The Balaban J connectivity index is 1.95. The van der Waals surface area contributed by atoms with Crippen molar-refractivity contribution in [3.8, 4) is 0 Å². The highest BCUT2D eigenvalue weighted by molar-refractivity contribution is 7.80. The SMILES string of the molecule is Fc1cccc(Cl)c1/C=N\NC(=S)Nc1ccccc1. The monoisotopic (exact) mass is 307 g/mol. The molecule has 0 aliphatic carbocycles. The lowest BCUT2D eigenvalue weighted by Crippen LogP contribution is -2.23. The Morgan fingerprint density at radius 2 is 1.90 bits per heavy atom. The molecule has 20 heavy (non-hydrogen) atoms. The third-order valence-electron chi connectivity index (χ3n) is 2.39. The van der Waals surface area contributed by atoms with Crippen LogP contribution in [0.3, 0.4) is 0 Å². The molecular formula is C14H11ClFN3S. The molecular weight excluding hydrogens is 297 g/mol. The summed E-state index contributed by atoms with van der Waals surface area (Å²) in [5.74, 6) is -0.440. The van der Waals surface area contributed by atoms with E-state index in [2.05, 4.69) is 15.8 Å². The first-order valence-corrected chi connectivity index (χ1v) is 6.54. The number of benzene rings is 2. The average Bonchev–Trinajstić information content (AvgIpc) is 2.43. The molecule has 0 atom stereocenters. The van der Waals surface area contributed by atoms with E-state index >= 15 is 0 Å². The van der Waals surface area contributed by atoms with E-state index in [1.165, 1.54) is 18.3 Å². The summed E-state index contributed by atoms with van der Waals surface area (Å²) in [5.41, 5.74) is 3.65. The van der Waals surface area contributed by atoms with Gasteiger partial charge < -0.3 is 5.32 Å². The van der Waals surface area contributed by atoms with Gasteiger partial charge in [-0.05, 0) is 36.5 Å². The molecule has 0 bridgehead atoms. The van der Waals surface area contributed by atoms with E-state index < -0.39 is 5.82 Å². The number of hydrogen-bond acceptors (Lipinski definition) is 2. The van der Waals surface area contributed by atoms with Crippen molar-refractivity contribution in [2.75, 3.05) is 5.32 Å². The summed E-state index contributed by atoms with van der Waals surface area (Å²) in [6, 6.07) is 13.8. The van der Waals surface area contributed by atoms with Crippen molar-refractivity contribution in [2.45, 2.75) is 0 Å². The summed E-state index contributed by atoms with van der Waals surface area (Å²) < 4.78 is 13.5. The predicted octanol–water partition coefficient (Wildman–Crippen LogP) is 3.80. The van der Waals surface area contributed by atoms with E-state index in [1.807, 2.05) is 30.3 Å². The number of para-hydroxylation sites is 1. The van der Waals surface area contributed by atoms with Gasteiger partial charge in [-0.1, -0.05) is 35.9 Å². The third-order valence-corrected chi connectivity index (χ3v) is 2.91. The van der Waals surface area contributed by atoms with Gasteiger partial charge in [0, 0.05) is 11.3 Å². The van der Waals surface area contributed by atoms with Gasteiger partial charge in [0.15, 0.2) is 5.11 Å². The molecule has 2 aromatic carbocycles. The molecule has 2 N–H and O–H groups in total. The highest BCUT2D eigenvalue weighted by atomic mass is 35.5. The molecule has 102 valence electrons. The van der Waals surface area contributed by atoms with Crippen LogP contribution in [0.25, 0.3) is 0 Å². The van der Waals surface area contributed by atoms with Crippen molar-refractivity contribution >= 4 is 40.8 Å². The molecule has 0 aromatic heterocycles. The summed E-state index contributed by atoms with van der Waals surface area (Å²) in [6.07, 6.45) is 1.29. The van der Waals surface area contributed by atoms with E-state index in [0.717, 1.165) is 5.69 Å². The van der Waals surface area contributed by atoms with E-state index in [1.54, 1.807) is 6.07 Å². The zero-order valence-electron chi connectivity index (χ0n) is 10.3. The fraction of sp³-hybridized carbons (Fsp3) is 0. The molecule has 0 unspecified atom stereocenters. The van der Waals surface area contributed by atoms with Crippen LogP contribution < -0.4 is 10.7 Å². The molecule has 0 aliphatic rings. The van der Waals surface area contributed by atoms with Gasteiger partial charge in [0.2, 0.25) is 0 Å². The van der Waals surface area contributed by atoms with Crippen molar-refractivity contribution < 1.29 is 4.39 Å². The van der Waals surface area contributed by atoms with Crippen molar-refractivity contribution in [1.82, 2.24) is 5.43 Å². The number of nitrogens with one attached hydrogen (secondary N) is 2. The second-order valence-corrected chi connectivity index (χ2v) is 4.64. The minimum Gasteiger partial charge on any atom is -0.331 e. The summed E-state index contributed by atoms with van der Waals surface area (Å²) in [7, 11) is 0. The van der Waals surface area contributed by atoms with Crippen LogP contribution >= 0.6 is 23.8 Å². The van der Waals surface area contributed by atoms with Crippen LogP contribution in [0.5, 0.6) is 0 Å². The number of hydrazone groups is 1. The van der Waals surface area contributed by atoms with Gasteiger partial charge in [0.25, 0.3) is 0 Å². The molecule has 0 radical (unpaired) electrons. The van der Waals surface area contributed by atoms with Gasteiger partial charge in [-0.3, -0.25) is 5.43 Å². The molecule has 3 nitrogen and oxygen atoms in total. The predicted molar refractivity (Wildman–Crippen MR) is 84.8 cm³/mol. The fourth-order valence-corrected chi connectivity index (χ4v) is 1.85. The molecule has 0 aliphatic heterocycles. The second-order valence-electron chi connectivity index (χ2n) is 3.83. The van der Waals surface area contributed by atoms with Crippen molar-refractivity contribution in [1.29, 1.82) is 0 Å². The van der Waals surface area contributed by atoms with Gasteiger partial charge >= 0.3 is 0 Å². The van der Waals surface area contributed by atoms with Crippen LogP contribution in [0.1, 0.15) is 5.56 Å². The van der Waals surface area contributed by atoms with Gasteiger partial charge in [-0.25, -0.2) is 4.39 Å². The lowest BCUT2D eigenvalue weighted by Gasteiger charge is -2.06. The molecule has 0 spiro atoms. The first-order valence-electron chi connectivity index (χ1n) is 5.76. The van der Waals surface area contributed by atoms with Crippen LogP contribution in [0.2, 0.25) is 5.02 Å². The van der Waals surface area contributed by atoms with E-state index in [0.29, 0.717) is 5.11 Å². The summed E-state index contributed by atoms with van der Waals surface area (Å²) in [4.78, 5) is 0. The largest absolute Gasteiger partial charge is 0.331 e. The van der Waals surface area contributed by atoms with Gasteiger partial charge in [-0.15, -0.1) is 0 Å². The van der Waals surface area contributed by atoms with Crippen molar-refractivity contribution in [2.24, 2.45) is 5.10 Å². The Morgan fingerprint density at radius 1 is 1.15 bits per heavy atom. The number of thiocarbonyl (C=S) groups is 1. The molecule has 2 rings (SSSR count). The number of rotatable bonds is 3. The maximum absolute atomic E-state index is 13.5. The molecule has 0 fully saturated rings. The zero-order chi connectivity index (χ0) is 14.4. The van der Waals surface area contributed by atoms with Crippen LogP contribution in [0.4, 0.5) is 10.1 Å². The standard InChI is InChI=1S/C14H11ClFN3S/c15-12-7-4-8-13(16)11(12)9-17-19-14(20)18-10-5-2-1-3-6-10/h1-9H,(H2,18,19,20)/b17-9-. The van der Waals surface area contributed by atoms with E-state index in [4.69, 9.17) is 23.8 Å². The topological polar surface area (TPSA) is 36.4 Å². The maximum atomic E-state index is 13.5. The molecule has 0 heterocycles.